The lowest BCUT2D eigenvalue weighted by Crippen LogP contribution is -2.47. The Labute approximate surface area is 169 Å². The van der Waals surface area contributed by atoms with Gasteiger partial charge < -0.3 is 10.6 Å². The second-order valence-corrected chi connectivity index (χ2v) is 9.45. The largest absolute Gasteiger partial charge is 0.354 e. The van der Waals surface area contributed by atoms with Crippen molar-refractivity contribution in [2.75, 3.05) is 18.6 Å². The molecule has 1 aromatic rings. The molecule has 0 heterocycles. The van der Waals surface area contributed by atoms with Gasteiger partial charge >= 0.3 is 0 Å². The summed E-state index contributed by atoms with van der Waals surface area (Å²) in [4.78, 5) is 25.1. The van der Waals surface area contributed by atoms with E-state index in [9.17, 15) is 9.59 Å². The highest BCUT2D eigenvalue weighted by Gasteiger charge is 2.21. The van der Waals surface area contributed by atoms with E-state index >= 15 is 0 Å². The van der Waals surface area contributed by atoms with Crippen molar-refractivity contribution >= 4 is 23.6 Å². The van der Waals surface area contributed by atoms with Crippen molar-refractivity contribution in [3.8, 4) is 0 Å². The van der Waals surface area contributed by atoms with Crippen LogP contribution < -0.4 is 10.6 Å². The molecule has 0 saturated carbocycles. The van der Waals surface area contributed by atoms with Crippen LogP contribution in [0.3, 0.4) is 0 Å². The Hall–Kier alpha value is -1.49. The number of thioether (sulfide) groups is 1. The Kier molecular flexibility index (Phi) is 9.92. The highest BCUT2D eigenvalue weighted by Crippen LogP contribution is 2.22. The van der Waals surface area contributed by atoms with Crippen molar-refractivity contribution in [2.45, 2.75) is 65.3 Å². The van der Waals surface area contributed by atoms with Crippen LogP contribution in [0.2, 0.25) is 0 Å². The van der Waals surface area contributed by atoms with Crippen LogP contribution in [0, 0.1) is 5.92 Å². The highest BCUT2D eigenvalue weighted by molar-refractivity contribution is 7.98. The van der Waals surface area contributed by atoms with Gasteiger partial charge in [-0.15, -0.1) is 0 Å². The molecular formula is C22H36N2O2S. The number of carbonyl (C=O) groups is 2. The summed E-state index contributed by atoms with van der Waals surface area (Å²) >= 11 is 1.68. The number of carbonyl (C=O) groups excluding carboxylic acids is 2. The van der Waals surface area contributed by atoms with E-state index < -0.39 is 6.04 Å². The molecule has 1 aromatic carbocycles. The number of amides is 2. The van der Waals surface area contributed by atoms with Gasteiger partial charge in [0.2, 0.25) is 5.91 Å². The molecule has 27 heavy (non-hydrogen) atoms. The summed E-state index contributed by atoms with van der Waals surface area (Å²) in [6.45, 7) is 11.4. The topological polar surface area (TPSA) is 58.2 Å². The van der Waals surface area contributed by atoms with Crippen LogP contribution in [0.5, 0.6) is 0 Å². The lowest BCUT2D eigenvalue weighted by atomic mass is 9.86. The van der Waals surface area contributed by atoms with Crippen LogP contribution in [-0.4, -0.2) is 36.4 Å². The van der Waals surface area contributed by atoms with Crippen LogP contribution in [-0.2, 0) is 10.2 Å². The van der Waals surface area contributed by atoms with E-state index in [-0.39, 0.29) is 17.2 Å². The molecule has 0 spiro atoms. The van der Waals surface area contributed by atoms with Gasteiger partial charge in [0.1, 0.15) is 6.04 Å². The third-order valence-corrected chi connectivity index (χ3v) is 5.15. The minimum Gasteiger partial charge on any atom is -0.354 e. The van der Waals surface area contributed by atoms with Crippen molar-refractivity contribution < 1.29 is 9.59 Å². The maximum Gasteiger partial charge on any atom is 0.251 e. The fourth-order valence-corrected chi connectivity index (χ4v) is 3.18. The molecule has 1 atom stereocenters. The molecule has 0 unspecified atom stereocenters. The lowest BCUT2D eigenvalue weighted by Gasteiger charge is -2.20. The van der Waals surface area contributed by atoms with Gasteiger partial charge in [0.25, 0.3) is 5.91 Å². The van der Waals surface area contributed by atoms with Crippen LogP contribution >= 0.6 is 11.8 Å². The van der Waals surface area contributed by atoms with Crippen LogP contribution in [0.25, 0.3) is 0 Å². The molecule has 0 aliphatic rings. The molecule has 0 saturated heterocycles. The Balaban J connectivity index is 2.68. The number of benzene rings is 1. The van der Waals surface area contributed by atoms with Gasteiger partial charge in [-0.05, 0) is 60.3 Å². The van der Waals surface area contributed by atoms with Gasteiger partial charge in [-0.25, -0.2) is 0 Å². The summed E-state index contributed by atoms with van der Waals surface area (Å²) < 4.78 is 0. The van der Waals surface area contributed by atoms with Crippen molar-refractivity contribution in [1.82, 2.24) is 10.6 Å². The summed E-state index contributed by atoms with van der Waals surface area (Å²) in [5.41, 5.74) is 1.82. The quantitative estimate of drug-likeness (QED) is 0.581. The molecule has 0 fully saturated rings. The van der Waals surface area contributed by atoms with E-state index in [1.54, 1.807) is 11.8 Å². The summed E-state index contributed by atoms with van der Waals surface area (Å²) in [7, 11) is 0. The first-order valence-electron chi connectivity index (χ1n) is 9.83. The molecule has 4 nitrogen and oxygen atoms in total. The summed E-state index contributed by atoms with van der Waals surface area (Å²) in [5.74, 6) is 1.17. The third kappa shape index (κ3) is 8.83. The summed E-state index contributed by atoms with van der Waals surface area (Å²) in [5, 5.41) is 5.88. The van der Waals surface area contributed by atoms with Crippen LogP contribution in [0.1, 0.15) is 69.8 Å². The third-order valence-electron chi connectivity index (χ3n) is 4.50. The Bertz CT molecular complexity index is 591. The zero-order valence-corrected chi connectivity index (χ0v) is 18.5. The number of hydrogen-bond donors (Lipinski definition) is 2. The smallest absolute Gasteiger partial charge is 0.251 e. The average Bonchev–Trinajstić information content (AvgIpc) is 2.61. The van der Waals surface area contributed by atoms with E-state index in [1.165, 1.54) is 5.56 Å². The first kappa shape index (κ1) is 23.5. The number of nitrogens with one attached hydrogen (secondary N) is 2. The standard InChI is InChI=1S/C22H36N2O2S/c1-16(2)8-7-14-23-21(26)19(13-15-27-6)24-20(25)17-9-11-18(12-10-17)22(3,4)5/h9-12,16,19H,7-8,13-15H2,1-6H3,(H,23,26)(H,24,25)/t19-/m0/s1. The molecule has 0 aromatic heterocycles. The van der Waals surface area contributed by atoms with E-state index in [0.29, 0.717) is 24.4 Å². The van der Waals surface area contributed by atoms with Gasteiger partial charge in [0.15, 0.2) is 0 Å². The number of hydrogen-bond acceptors (Lipinski definition) is 3. The minimum absolute atomic E-state index is 0.0474. The van der Waals surface area contributed by atoms with Crippen molar-refractivity contribution in [1.29, 1.82) is 0 Å². The maximum atomic E-state index is 12.6. The molecule has 152 valence electrons. The molecule has 0 bridgehead atoms. The van der Waals surface area contributed by atoms with Gasteiger partial charge in [-0.3, -0.25) is 9.59 Å². The normalized spacial score (nSPS) is 12.7. The molecule has 2 N–H and O–H groups in total. The summed E-state index contributed by atoms with van der Waals surface area (Å²) in [6, 6.07) is 7.14. The fourth-order valence-electron chi connectivity index (χ4n) is 2.71. The molecule has 2 amide bonds. The lowest BCUT2D eigenvalue weighted by molar-refractivity contribution is -0.123. The molecule has 0 radical (unpaired) electrons. The molecule has 5 heteroatoms. The SMILES string of the molecule is CSCC[C@H](NC(=O)c1ccc(C(C)(C)C)cc1)C(=O)NCCCC(C)C. The molecule has 0 aliphatic carbocycles. The Morgan fingerprint density at radius 2 is 1.70 bits per heavy atom. The van der Waals surface area contributed by atoms with Crippen LogP contribution in [0.4, 0.5) is 0 Å². The van der Waals surface area contributed by atoms with Crippen LogP contribution in [0.15, 0.2) is 24.3 Å². The van der Waals surface area contributed by atoms with Crippen molar-refractivity contribution in [2.24, 2.45) is 5.92 Å². The van der Waals surface area contributed by atoms with Gasteiger partial charge in [0, 0.05) is 12.1 Å². The second kappa shape index (κ2) is 11.4. The van der Waals surface area contributed by atoms with Crippen molar-refractivity contribution in [3.63, 3.8) is 0 Å². The predicted octanol–water partition coefficient (Wildman–Crippen LogP) is 4.39. The molecule has 0 aliphatic heterocycles. The zero-order valence-electron chi connectivity index (χ0n) is 17.7. The van der Waals surface area contributed by atoms with Gasteiger partial charge in [0.05, 0.1) is 0 Å². The van der Waals surface area contributed by atoms with Gasteiger partial charge in [-0.2, -0.15) is 11.8 Å². The average molecular weight is 393 g/mol. The maximum absolute atomic E-state index is 12.6. The minimum atomic E-state index is -0.494. The van der Waals surface area contributed by atoms with E-state index in [2.05, 4.69) is 45.3 Å². The fraction of sp³-hybridized carbons (Fsp3) is 0.636. The first-order chi connectivity index (χ1) is 12.6. The Morgan fingerprint density at radius 1 is 1.07 bits per heavy atom. The highest BCUT2D eigenvalue weighted by atomic mass is 32.2. The van der Waals surface area contributed by atoms with Crippen molar-refractivity contribution in [3.05, 3.63) is 35.4 Å². The summed E-state index contributed by atoms with van der Waals surface area (Å²) in [6.07, 6.45) is 4.68. The Morgan fingerprint density at radius 3 is 2.22 bits per heavy atom. The molecular weight excluding hydrogens is 356 g/mol. The zero-order chi connectivity index (χ0) is 20.4. The van der Waals surface area contributed by atoms with E-state index in [4.69, 9.17) is 0 Å². The van der Waals surface area contributed by atoms with E-state index in [1.807, 2.05) is 30.5 Å². The van der Waals surface area contributed by atoms with E-state index in [0.717, 1.165) is 18.6 Å². The first-order valence-corrected chi connectivity index (χ1v) is 11.2. The predicted molar refractivity (Wildman–Crippen MR) is 116 cm³/mol. The monoisotopic (exact) mass is 392 g/mol. The van der Waals surface area contributed by atoms with Gasteiger partial charge in [-0.1, -0.05) is 46.8 Å². The number of rotatable bonds is 10. The second-order valence-electron chi connectivity index (χ2n) is 8.46. The molecule has 1 rings (SSSR count).